The minimum atomic E-state index is -1.47. The van der Waals surface area contributed by atoms with Crippen molar-refractivity contribution in [2.75, 3.05) is 0 Å². The normalized spacial score (nSPS) is 31.5. The number of allylic oxidation sites excluding steroid dienone is 6. The van der Waals surface area contributed by atoms with Crippen LogP contribution in [0.5, 0.6) is 0 Å². The second kappa shape index (κ2) is 20.0. The standard InChI is InChI=1S/C42H48N4O16.Fe/c1-41(17-39(59)60)23(5-9-35(51)52)29-14-27-21(11-37(55)56)19(3-7-33(47)48)25(43-27)13-26-20(4-8-34(49)50)22(12-38(57)58)28(44-26)15-31-42(2,18-40(61)62)24(6-10-36(53)54)30(46-31)16-32(41)45-29;/h13-16,19-20,23-25,30H,3-12,17-18H2,1-2H3,(H,47,48)(H,49,50)(H,51,52)(H,53,54)(H,55,56)(H,57,58)(H,59,60)(H,61,62);/q-4;+4/b26-13-,29-14-,31-15-,32-16-;/t19-,20-,23-,24-,25?,30?,41+,42+;/m1./s1. The van der Waals surface area contributed by atoms with Crippen LogP contribution in [-0.2, 0) is 55.4 Å². The molecule has 0 aliphatic carbocycles. The first-order valence-electron chi connectivity index (χ1n) is 20.0. The summed E-state index contributed by atoms with van der Waals surface area (Å²) in [6.07, 6.45) is 0.999. The molecule has 0 radical (unpaired) electrons. The summed E-state index contributed by atoms with van der Waals surface area (Å²) >= 11 is 0. The molecule has 20 nitrogen and oxygen atoms in total. The molecule has 2 unspecified atom stereocenters. The molecule has 21 heteroatoms. The summed E-state index contributed by atoms with van der Waals surface area (Å²) in [7, 11) is 0. The Hall–Kier alpha value is -6.08. The zero-order valence-corrected chi connectivity index (χ0v) is 35.3. The monoisotopic (exact) mass is 920 g/mol. The summed E-state index contributed by atoms with van der Waals surface area (Å²) in [6.45, 7) is 3.12. The summed E-state index contributed by atoms with van der Waals surface area (Å²) in [5.74, 6) is -13.7. The number of rotatable bonds is 20. The van der Waals surface area contributed by atoms with Gasteiger partial charge in [-0.2, -0.15) is 22.8 Å². The third-order valence-corrected chi connectivity index (χ3v) is 12.5. The molecule has 0 aromatic heterocycles. The van der Waals surface area contributed by atoms with Crippen molar-refractivity contribution in [2.45, 2.75) is 103 Å². The summed E-state index contributed by atoms with van der Waals surface area (Å²) in [4.78, 5) is 97.9. The van der Waals surface area contributed by atoms with Crippen molar-refractivity contribution in [3.05, 3.63) is 90.9 Å². The summed E-state index contributed by atoms with van der Waals surface area (Å²) in [5.41, 5.74) is -2.11. The van der Waals surface area contributed by atoms with E-state index in [0.29, 0.717) is 0 Å². The molecule has 63 heavy (non-hydrogen) atoms. The number of hydrogen-bond donors (Lipinski definition) is 8. The zero-order chi connectivity index (χ0) is 45.8. The van der Waals surface area contributed by atoms with E-state index in [4.69, 9.17) is 21.3 Å². The Bertz CT molecular complexity index is 2140. The molecule has 5 rings (SSSR count). The van der Waals surface area contributed by atoms with E-state index in [0.717, 1.165) is 0 Å². The first-order chi connectivity index (χ1) is 29.0. The van der Waals surface area contributed by atoms with Gasteiger partial charge in [0, 0.05) is 25.7 Å². The quantitative estimate of drug-likeness (QED) is 0.0633. The molecular formula is C42H48FeN4O16. The molecule has 0 aromatic rings. The van der Waals surface area contributed by atoms with Crippen LogP contribution >= 0.6 is 0 Å². The fourth-order valence-electron chi connectivity index (χ4n) is 9.62. The molecule has 0 saturated carbocycles. The minimum absolute atomic E-state index is 0. The van der Waals surface area contributed by atoms with Crippen molar-refractivity contribution in [3.8, 4) is 0 Å². The largest absolute Gasteiger partial charge is 4.00 e. The van der Waals surface area contributed by atoms with E-state index < -0.39 is 146 Å². The fourth-order valence-corrected chi connectivity index (χ4v) is 9.62. The number of nitrogens with zero attached hydrogens (tertiary/aromatic N) is 4. The van der Waals surface area contributed by atoms with E-state index in [-0.39, 0.29) is 88.1 Å². The fraction of sp³-hybridized carbons (Fsp3) is 0.524. The average Bonchev–Trinajstić information content (AvgIpc) is 3.77. The maximum absolute atomic E-state index is 12.6. The number of carboxylic acids is 8. The van der Waals surface area contributed by atoms with Gasteiger partial charge >= 0.3 is 64.8 Å². The Morgan fingerprint density at radius 1 is 0.524 bits per heavy atom. The Kier molecular flexibility index (Phi) is 15.7. The second-order valence-corrected chi connectivity index (χ2v) is 16.7. The molecular weight excluding hydrogens is 872 g/mol. The van der Waals surface area contributed by atoms with Crippen LogP contribution in [0.3, 0.4) is 0 Å². The number of aliphatic carboxylic acids is 8. The zero-order valence-electron chi connectivity index (χ0n) is 34.2. The van der Waals surface area contributed by atoms with Gasteiger partial charge in [-0.3, -0.25) is 38.4 Å². The molecule has 2 fully saturated rings. The Balaban J connectivity index is 0.00000871. The van der Waals surface area contributed by atoms with Crippen molar-refractivity contribution < 1.29 is 96.3 Å². The Labute approximate surface area is 371 Å². The number of carboxylic acid groups (broad SMARTS) is 8. The van der Waals surface area contributed by atoms with Crippen LogP contribution < -0.4 is 0 Å². The van der Waals surface area contributed by atoms with Gasteiger partial charge in [-0.1, -0.05) is 49.2 Å². The minimum Gasteiger partial charge on any atom is -0.681 e. The average molecular weight is 921 g/mol. The van der Waals surface area contributed by atoms with Crippen molar-refractivity contribution in [1.82, 2.24) is 0 Å². The summed E-state index contributed by atoms with van der Waals surface area (Å²) < 4.78 is 0. The van der Waals surface area contributed by atoms with Crippen LogP contribution in [0.2, 0.25) is 0 Å². The first-order valence-corrected chi connectivity index (χ1v) is 20.0. The predicted octanol–water partition coefficient (Wildman–Crippen LogP) is 6.16. The van der Waals surface area contributed by atoms with E-state index in [1.54, 1.807) is 13.8 Å². The number of hydrogen-bond acceptors (Lipinski definition) is 8. The molecule has 5 aliphatic heterocycles. The predicted molar refractivity (Wildman–Crippen MR) is 214 cm³/mol. The molecule has 8 atom stereocenters. The van der Waals surface area contributed by atoms with E-state index in [1.165, 1.54) is 24.3 Å². The van der Waals surface area contributed by atoms with Gasteiger partial charge in [0.25, 0.3) is 0 Å². The number of carbonyl (C=O) groups is 8. The van der Waals surface area contributed by atoms with Gasteiger partial charge in [-0.05, 0) is 60.2 Å². The van der Waals surface area contributed by atoms with E-state index in [1.807, 2.05) is 0 Å². The maximum Gasteiger partial charge on any atom is 4.00 e. The van der Waals surface area contributed by atoms with Gasteiger partial charge in [0.1, 0.15) is 0 Å². The Morgan fingerprint density at radius 2 is 1.06 bits per heavy atom. The van der Waals surface area contributed by atoms with Crippen LogP contribution in [0.1, 0.15) is 90.9 Å². The molecule has 2 saturated heterocycles. The van der Waals surface area contributed by atoms with E-state index >= 15 is 0 Å². The van der Waals surface area contributed by atoms with E-state index in [2.05, 4.69) is 0 Å². The summed E-state index contributed by atoms with van der Waals surface area (Å²) in [6, 6.07) is -2.13. The molecule has 0 amide bonds. The molecule has 0 spiro atoms. The van der Waals surface area contributed by atoms with Crippen molar-refractivity contribution in [3.63, 3.8) is 0 Å². The first kappa shape index (κ1) is 49.6. The van der Waals surface area contributed by atoms with Gasteiger partial charge in [0.2, 0.25) is 0 Å². The summed E-state index contributed by atoms with van der Waals surface area (Å²) in [5, 5.41) is 99.1. The van der Waals surface area contributed by atoms with Crippen molar-refractivity contribution in [2.24, 2.45) is 34.5 Å². The third-order valence-electron chi connectivity index (χ3n) is 12.5. The maximum atomic E-state index is 12.6. The van der Waals surface area contributed by atoms with Crippen LogP contribution in [0.15, 0.2) is 69.6 Å². The third kappa shape index (κ3) is 11.3. The molecule has 8 bridgehead atoms. The van der Waals surface area contributed by atoms with Gasteiger partial charge in [0.15, 0.2) is 0 Å². The van der Waals surface area contributed by atoms with E-state index in [9.17, 15) is 79.2 Å². The molecule has 0 aromatic carbocycles. The van der Waals surface area contributed by atoms with Gasteiger partial charge in [-0.25, -0.2) is 0 Å². The van der Waals surface area contributed by atoms with Crippen LogP contribution in [-0.4, -0.2) is 101 Å². The Morgan fingerprint density at radius 3 is 1.63 bits per heavy atom. The smallest absolute Gasteiger partial charge is 0.681 e. The molecule has 5 aliphatic rings. The van der Waals surface area contributed by atoms with Gasteiger partial charge in [0.05, 0.1) is 25.7 Å². The van der Waals surface area contributed by atoms with Crippen LogP contribution in [0, 0.1) is 34.5 Å². The molecule has 340 valence electrons. The SMILES string of the molecule is C[C@@]1(CC(=O)O)/C2=C/C3[N-]/C(=C\C4=C(CC(=O)O)[C@@H](CCC(=O)O)/C(=C/C5[N-]C(=C(CC(=O)O)[C@H]5CCC(=O)O)/C=C(\[N-]2)[C@H]1CCC(=O)O)[N-]4)[C@@](C)(CC(=O)O)[C@@H]3CCC(=O)O.[Fe+4]. The van der Waals surface area contributed by atoms with Crippen molar-refractivity contribution in [1.29, 1.82) is 0 Å². The molecule has 8 N–H and O–H groups in total. The van der Waals surface area contributed by atoms with Crippen molar-refractivity contribution >= 4 is 47.8 Å². The topological polar surface area (TPSA) is 355 Å². The second-order valence-electron chi connectivity index (χ2n) is 16.7. The van der Waals surface area contributed by atoms with Gasteiger partial charge < -0.3 is 62.1 Å². The molecule has 5 heterocycles. The van der Waals surface area contributed by atoms with Gasteiger partial charge in [-0.15, -0.1) is 23.5 Å². The van der Waals surface area contributed by atoms with Crippen LogP contribution in [0.25, 0.3) is 21.3 Å². The number of fused-ring (bicyclic) bond motifs is 8. The van der Waals surface area contributed by atoms with Crippen LogP contribution in [0.4, 0.5) is 0 Å².